The van der Waals surface area contributed by atoms with Crippen molar-refractivity contribution in [1.82, 2.24) is 29.7 Å². The van der Waals surface area contributed by atoms with Crippen molar-refractivity contribution in [3.8, 4) is 17.4 Å². The normalized spacial score (nSPS) is 12.1. The molecule has 0 saturated heterocycles. The Morgan fingerprint density at radius 2 is 2.03 bits per heavy atom. The molecular formula is C19H12N6O3S. The van der Waals surface area contributed by atoms with Crippen LogP contribution in [0.25, 0.3) is 33.2 Å². The van der Waals surface area contributed by atoms with Crippen molar-refractivity contribution in [2.75, 3.05) is 0 Å². The third-order valence-corrected chi connectivity index (χ3v) is 5.38. The second kappa shape index (κ2) is 6.60. The molecule has 0 amide bonds. The lowest BCUT2D eigenvalue weighted by Gasteiger charge is -2.12. The van der Waals surface area contributed by atoms with Crippen LogP contribution in [-0.2, 0) is 0 Å². The van der Waals surface area contributed by atoms with Gasteiger partial charge in [-0.15, -0.1) is 16.4 Å². The van der Waals surface area contributed by atoms with E-state index in [1.807, 2.05) is 0 Å². The van der Waals surface area contributed by atoms with Gasteiger partial charge in [-0.2, -0.15) is 10.1 Å². The van der Waals surface area contributed by atoms with Crippen LogP contribution in [0, 0.1) is 6.92 Å². The van der Waals surface area contributed by atoms with Crippen LogP contribution in [-0.4, -0.2) is 34.8 Å². The number of aliphatic hydroxyl groups is 1. The lowest BCUT2D eigenvalue weighted by atomic mass is 10.2. The predicted octanol–water partition coefficient (Wildman–Crippen LogP) is 2.30. The van der Waals surface area contributed by atoms with Crippen molar-refractivity contribution < 1.29 is 9.84 Å². The Kier molecular flexibility index (Phi) is 3.91. The first-order chi connectivity index (χ1) is 14.2. The fraction of sp³-hybridized carbons (Fsp3) is 0.0526. The molecule has 142 valence electrons. The van der Waals surface area contributed by atoms with Crippen LogP contribution >= 0.6 is 11.3 Å². The molecule has 0 unspecified atom stereocenters. The Bertz CT molecular complexity index is 1480. The van der Waals surface area contributed by atoms with Gasteiger partial charge in [0.1, 0.15) is 10.3 Å². The second-order valence-electron chi connectivity index (χ2n) is 6.10. The van der Waals surface area contributed by atoms with Gasteiger partial charge in [0.15, 0.2) is 0 Å². The van der Waals surface area contributed by atoms with Crippen molar-refractivity contribution in [3.63, 3.8) is 0 Å². The molecule has 0 fully saturated rings. The maximum absolute atomic E-state index is 12.9. The number of thiophene rings is 1. The molecule has 5 heterocycles. The molecule has 29 heavy (non-hydrogen) atoms. The van der Waals surface area contributed by atoms with Gasteiger partial charge in [-0.1, -0.05) is 0 Å². The summed E-state index contributed by atoms with van der Waals surface area (Å²) in [6.07, 6.45) is 4.12. The van der Waals surface area contributed by atoms with Crippen LogP contribution in [0.3, 0.4) is 0 Å². The van der Waals surface area contributed by atoms with Gasteiger partial charge in [0.05, 0.1) is 33.1 Å². The van der Waals surface area contributed by atoms with Gasteiger partial charge in [-0.3, -0.25) is 4.57 Å². The summed E-state index contributed by atoms with van der Waals surface area (Å²) in [5.74, 6) is 0.657. The maximum Gasteiger partial charge on any atom is 0.353 e. The zero-order valence-electron chi connectivity index (χ0n) is 15.0. The highest BCUT2D eigenvalue weighted by molar-refractivity contribution is 7.17. The van der Waals surface area contributed by atoms with Gasteiger partial charge in [-0.05, 0) is 25.1 Å². The molecule has 5 aromatic heterocycles. The average molecular weight is 404 g/mol. The van der Waals surface area contributed by atoms with Gasteiger partial charge < -0.3 is 9.84 Å². The maximum atomic E-state index is 12.9. The highest BCUT2D eigenvalue weighted by atomic mass is 32.1. The van der Waals surface area contributed by atoms with E-state index in [1.54, 1.807) is 49.6 Å². The number of rotatable bonds is 3. The summed E-state index contributed by atoms with van der Waals surface area (Å²) in [4.78, 5) is 26.5. The van der Waals surface area contributed by atoms with Crippen molar-refractivity contribution in [1.29, 1.82) is 0 Å². The minimum Gasteiger partial charge on any atom is -0.514 e. The monoisotopic (exact) mass is 404 g/mol. The fourth-order valence-corrected chi connectivity index (χ4v) is 4.07. The average Bonchev–Trinajstić information content (AvgIpc) is 3.09. The quantitative estimate of drug-likeness (QED) is 0.487. The van der Waals surface area contributed by atoms with E-state index in [-0.39, 0.29) is 0 Å². The number of aliphatic hydroxyl groups excluding tert-OH is 1. The van der Waals surface area contributed by atoms with E-state index in [0.29, 0.717) is 43.5 Å². The summed E-state index contributed by atoms with van der Waals surface area (Å²) in [5.41, 5.74) is 1.75. The number of aromatic nitrogens is 6. The third-order valence-electron chi connectivity index (χ3n) is 4.36. The van der Waals surface area contributed by atoms with Gasteiger partial charge in [0.25, 0.3) is 0 Å². The summed E-state index contributed by atoms with van der Waals surface area (Å²) in [7, 11) is 0. The van der Waals surface area contributed by atoms with Crippen LogP contribution in [0.1, 0.15) is 5.69 Å². The molecular weight excluding hydrogens is 392 g/mol. The van der Waals surface area contributed by atoms with Gasteiger partial charge in [0, 0.05) is 24.5 Å². The van der Waals surface area contributed by atoms with Crippen LogP contribution in [0.15, 0.2) is 47.5 Å². The van der Waals surface area contributed by atoms with E-state index in [9.17, 15) is 9.90 Å². The topological polar surface area (TPSA) is 116 Å². The van der Waals surface area contributed by atoms with Crippen molar-refractivity contribution in [2.45, 2.75) is 6.92 Å². The molecule has 5 rings (SSSR count). The molecule has 0 atom stereocenters. The van der Waals surface area contributed by atoms with E-state index in [0.717, 1.165) is 11.6 Å². The molecule has 0 saturated carbocycles. The zero-order valence-corrected chi connectivity index (χ0v) is 15.8. The van der Waals surface area contributed by atoms with E-state index < -0.39 is 5.69 Å². The first-order valence-corrected chi connectivity index (χ1v) is 9.35. The molecule has 0 aliphatic carbocycles. The number of ether oxygens (including phenoxy) is 1. The molecule has 0 aliphatic heterocycles. The number of hydrogen-bond donors (Lipinski definition) is 1. The lowest BCUT2D eigenvalue weighted by Crippen LogP contribution is -2.23. The number of nitrogens with zero attached hydrogens (tertiary/aromatic N) is 6. The fourth-order valence-electron chi connectivity index (χ4n) is 3.15. The van der Waals surface area contributed by atoms with E-state index in [2.05, 4.69) is 25.1 Å². The summed E-state index contributed by atoms with van der Waals surface area (Å²) in [5, 5.41) is 17.8. The SMILES string of the molecule is Cc1nc(Oc2cccnn2)ccc1-n1c(=O)nc2c(=CO)sc3nccc1c32. The molecule has 0 aromatic carbocycles. The molecule has 0 spiro atoms. The first-order valence-electron chi connectivity index (χ1n) is 8.53. The minimum absolute atomic E-state index is 0.322. The third kappa shape index (κ3) is 2.77. The van der Waals surface area contributed by atoms with Crippen molar-refractivity contribution in [2.24, 2.45) is 0 Å². The Morgan fingerprint density at radius 3 is 2.79 bits per heavy atom. The van der Waals surface area contributed by atoms with Crippen LogP contribution < -0.4 is 15.0 Å². The van der Waals surface area contributed by atoms with Crippen molar-refractivity contribution in [3.05, 3.63) is 63.4 Å². The molecule has 10 heteroatoms. The molecule has 0 aliphatic rings. The van der Waals surface area contributed by atoms with E-state index in [4.69, 9.17) is 4.74 Å². The largest absolute Gasteiger partial charge is 0.514 e. The first kappa shape index (κ1) is 17.2. The minimum atomic E-state index is -0.473. The number of pyridine rings is 2. The highest BCUT2D eigenvalue weighted by Crippen LogP contribution is 2.27. The molecule has 9 nitrogen and oxygen atoms in total. The van der Waals surface area contributed by atoms with Crippen LogP contribution in [0.4, 0.5) is 0 Å². The Morgan fingerprint density at radius 1 is 1.14 bits per heavy atom. The van der Waals surface area contributed by atoms with Crippen molar-refractivity contribution >= 4 is 38.8 Å². The molecule has 0 bridgehead atoms. The van der Waals surface area contributed by atoms with Gasteiger partial charge in [-0.25, -0.2) is 14.8 Å². The summed E-state index contributed by atoms with van der Waals surface area (Å²) >= 11 is 1.27. The smallest absolute Gasteiger partial charge is 0.353 e. The molecule has 1 N–H and O–H groups in total. The van der Waals surface area contributed by atoms with Gasteiger partial charge >= 0.3 is 5.69 Å². The molecule has 0 radical (unpaired) electrons. The zero-order chi connectivity index (χ0) is 20.0. The molecule has 5 aromatic rings. The number of aryl methyl sites for hydroxylation is 1. The Hall–Kier alpha value is -3.92. The Balaban J connectivity index is 1.69. The van der Waals surface area contributed by atoms with Gasteiger partial charge in [0.2, 0.25) is 11.8 Å². The summed E-state index contributed by atoms with van der Waals surface area (Å²) < 4.78 is 7.59. The number of hydrogen-bond acceptors (Lipinski definition) is 9. The van der Waals surface area contributed by atoms with E-state index in [1.165, 1.54) is 15.9 Å². The second-order valence-corrected chi connectivity index (χ2v) is 7.13. The lowest BCUT2D eigenvalue weighted by molar-refractivity contribution is 0.436. The summed E-state index contributed by atoms with van der Waals surface area (Å²) in [6, 6.07) is 8.52. The highest BCUT2D eigenvalue weighted by Gasteiger charge is 2.17. The van der Waals surface area contributed by atoms with Crippen LogP contribution in [0.5, 0.6) is 11.8 Å². The Labute approximate surface area is 166 Å². The standard InChI is InChI=1S/C19H12N6O3S/c1-10-11(4-5-14(22-10)28-15-3-2-7-21-24-15)25-12-6-8-20-18-16(12)17(23-19(25)27)13(9-26)29-18/h2-9,26H,1H3. The van der Waals surface area contributed by atoms with Crippen LogP contribution in [0.2, 0.25) is 0 Å². The predicted molar refractivity (Wildman–Crippen MR) is 107 cm³/mol. The summed E-state index contributed by atoms with van der Waals surface area (Å²) in [6.45, 7) is 1.78. The van der Waals surface area contributed by atoms with E-state index >= 15 is 0 Å².